The number of carbonyl (C=O) groups excluding carboxylic acids is 1. The van der Waals surface area contributed by atoms with E-state index in [4.69, 9.17) is 0 Å². The summed E-state index contributed by atoms with van der Waals surface area (Å²) in [6.45, 7) is 0. The third kappa shape index (κ3) is 2.59. The molecule has 2 aromatic carbocycles. The van der Waals surface area contributed by atoms with Crippen LogP contribution >= 0.6 is 12.6 Å². The molecule has 0 saturated carbocycles. The van der Waals surface area contributed by atoms with Crippen molar-refractivity contribution in [3.63, 3.8) is 0 Å². The fourth-order valence-electron chi connectivity index (χ4n) is 2.81. The van der Waals surface area contributed by atoms with Crippen LogP contribution in [0, 0.1) is 0 Å². The number of benzene rings is 2. The van der Waals surface area contributed by atoms with Crippen molar-refractivity contribution in [2.24, 2.45) is 0 Å². The molecule has 0 aromatic heterocycles. The molecule has 0 bridgehead atoms. The van der Waals surface area contributed by atoms with Crippen molar-refractivity contribution in [2.75, 3.05) is 0 Å². The zero-order chi connectivity index (χ0) is 13.9. The van der Waals surface area contributed by atoms with E-state index in [1.807, 2.05) is 30.3 Å². The molecular weight excluding hydrogens is 266 g/mol. The van der Waals surface area contributed by atoms with Gasteiger partial charge in [0.2, 0.25) is 0 Å². The van der Waals surface area contributed by atoms with Crippen molar-refractivity contribution in [1.29, 1.82) is 0 Å². The van der Waals surface area contributed by atoms with Gasteiger partial charge >= 0.3 is 0 Å². The van der Waals surface area contributed by atoms with Crippen molar-refractivity contribution in [2.45, 2.75) is 30.2 Å². The van der Waals surface area contributed by atoms with E-state index >= 15 is 0 Å². The standard InChI is InChI=1S/C17H17NOS/c19-17(14-9-3-4-11-16(14)20)18-15-10-5-7-12-6-1-2-8-13(12)15/h1-4,6,8-9,11,15,20H,5,7,10H2,(H,18,19). The van der Waals surface area contributed by atoms with Crippen LogP contribution in [0.2, 0.25) is 0 Å². The number of rotatable bonds is 2. The molecule has 0 aliphatic heterocycles. The first-order valence-corrected chi connectivity index (χ1v) is 7.37. The smallest absolute Gasteiger partial charge is 0.252 e. The van der Waals surface area contributed by atoms with Gasteiger partial charge in [0.15, 0.2) is 0 Å². The van der Waals surface area contributed by atoms with Crippen LogP contribution in [0.5, 0.6) is 0 Å². The summed E-state index contributed by atoms with van der Waals surface area (Å²) in [6.07, 6.45) is 3.22. The Morgan fingerprint density at radius 3 is 2.70 bits per heavy atom. The summed E-state index contributed by atoms with van der Waals surface area (Å²) in [5.74, 6) is -0.0442. The van der Waals surface area contributed by atoms with E-state index in [1.165, 1.54) is 11.1 Å². The van der Waals surface area contributed by atoms with Crippen molar-refractivity contribution < 1.29 is 4.79 Å². The van der Waals surface area contributed by atoms with Gasteiger partial charge in [-0.3, -0.25) is 4.79 Å². The van der Waals surface area contributed by atoms with Gasteiger partial charge in [-0.2, -0.15) is 0 Å². The maximum absolute atomic E-state index is 12.4. The van der Waals surface area contributed by atoms with Gasteiger partial charge in [0, 0.05) is 4.90 Å². The van der Waals surface area contributed by atoms with Gasteiger partial charge in [-0.25, -0.2) is 0 Å². The number of hydrogen-bond donors (Lipinski definition) is 2. The van der Waals surface area contributed by atoms with E-state index in [2.05, 4.69) is 36.1 Å². The maximum Gasteiger partial charge on any atom is 0.252 e. The molecule has 0 heterocycles. The predicted molar refractivity (Wildman–Crippen MR) is 83.3 cm³/mol. The number of thiol groups is 1. The van der Waals surface area contributed by atoms with Gasteiger partial charge in [0.25, 0.3) is 5.91 Å². The monoisotopic (exact) mass is 283 g/mol. The molecule has 0 radical (unpaired) electrons. The first-order valence-electron chi connectivity index (χ1n) is 6.92. The average molecular weight is 283 g/mol. The fraction of sp³-hybridized carbons (Fsp3) is 0.235. The summed E-state index contributed by atoms with van der Waals surface area (Å²) in [5, 5.41) is 3.14. The summed E-state index contributed by atoms with van der Waals surface area (Å²) >= 11 is 4.35. The zero-order valence-electron chi connectivity index (χ0n) is 11.2. The van der Waals surface area contributed by atoms with Gasteiger partial charge in [-0.05, 0) is 42.5 Å². The molecule has 0 spiro atoms. The number of hydrogen-bond acceptors (Lipinski definition) is 2. The predicted octanol–water partition coefficient (Wildman–Crippen LogP) is 3.78. The second-order valence-electron chi connectivity index (χ2n) is 5.13. The van der Waals surface area contributed by atoms with Crippen LogP contribution in [0.3, 0.4) is 0 Å². The van der Waals surface area contributed by atoms with Crippen LogP contribution in [-0.2, 0) is 6.42 Å². The van der Waals surface area contributed by atoms with E-state index in [9.17, 15) is 4.79 Å². The van der Waals surface area contributed by atoms with Crippen molar-refractivity contribution in [1.82, 2.24) is 5.32 Å². The first-order chi connectivity index (χ1) is 9.75. The summed E-state index contributed by atoms with van der Waals surface area (Å²) in [5.41, 5.74) is 3.24. The molecule has 1 amide bonds. The molecule has 1 unspecified atom stereocenters. The second-order valence-corrected chi connectivity index (χ2v) is 5.62. The third-order valence-corrected chi connectivity index (χ3v) is 4.21. The Morgan fingerprint density at radius 2 is 1.85 bits per heavy atom. The van der Waals surface area contributed by atoms with Crippen LogP contribution in [0.1, 0.15) is 40.4 Å². The van der Waals surface area contributed by atoms with E-state index in [1.54, 1.807) is 0 Å². The molecule has 102 valence electrons. The lowest BCUT2D eigenvalue weighted by Crippen LogP contribution is -2.31. The minimum absolute atomic E-state index is 0.0442. The van der Waals surface area contributed by atoms with Crippen LogP contribution in [-0.4, -0.2) is 5.91 Å². The second kappa shape index (κ2) is 5.71. The first kappa shape index (κ1) is 13.3. The zero-order valence-corrected chi connectivity index (χ0v) is 12.1. The Labute approximate surface area is 124 Å². The number of carbonyl (C=O) groups is 1. The van der Waals surface area contributed by atoms with Crippen molar-refractivity contribution >= 4 is 18.5 Å². The Morgan fingerprint density at radius 1 is 1.10 bits per heavy atom. The van der Waals surface area contributed by atoms with E-state index < -0.39 is 0 Å². The molecule has 0 fully saturated rings. The number of aryl methyl sites for hydroxylation is 1. The molecule has 0 saturated heterocycles. The van der Waals surface area contributed by atoms with Gasteiger partial charge in [-0.15, -0.1) is 12.6 Å². The summed E-state index contributed by atoms with van der Waals surface area (Å²) < 4.78 is 0. The quantitative estimate of drug-likeness (QED) is 0.807. The van der Waals surface area contributed by atoms with Crippen molar-refractivity contribution in [3.05, 3.63) is 65.2 Å². The lowest BCUT2D eigenvalue weighted by molar-refractivity contribution is 0.0930. The fourth-order valence-corrected chi connectivity index (χ4v) is 3.07. The lowest BCUT2D eigenvalue weighted by atomic mass is 9.87. The number of fused-ring (bicyclic) bond motifs is 1. The molecule has 1 N–H and O–H groups in total. The van der Waals surface area contributed by atoms with E-state index in [-0.39, 0.29) is 11.9 Å². The molecule has 20 heavy (non-hydrogen) atoms. The topological polar surface area (TPSA) is 29.1 Å². The molecule has 3 heteroatoms. The van der Waals surface area contributed by atoms with Gasteiger partial charge in [0.1, 0.15) is 0 Å². The van der Waals surface area contributed by atoms with Gasteiger partial charge in [-0.1, -0.05) is 36.4 Å². The summed E-state index contributed by atoms with van der Waals surface area (Å²) in [4.78, 5) is 13.1. The normalized spacial score (nSPS) is 17.4. The Balaban J connectivity index is 1.83. The highest BCUT2D eigenvalue weighted by molar-refractivity contribution is 7.80. The Bertz CT molecular complexity index is 638. The van der Waals surface area contributed by atoms with Gasteiger partial charge < -0.3 is 5.32 Å². The summed E-state index contributed by atoms with van der Waals surface area (Å²) in [7, 11) is 0. The maximum atomic E-state index is 12.4. The summed E-state index contributed by atoms with van der Waals surface area (Å²) in [6, 6.07) is 15.9. The highest BCUT2D eigenvalue weighted by Gasteiger charge is 2.22. The number of nitrogens with one attached hydrogen (secondary N) is 1. The number of amides is 1. The molecule has 1 atom stereocenters. The molecule has 1 aliphatic carbocycles. The molecule has 3 rings (SSSR count). The van der Waals surface area contributed by atoms with Gasteiger partial charge in [0.05, 0.1) is 11.6 Å². The molecule has 1 aliphatic rings. The highest BCUT2D eigenvalue weighted by atomic mass is 32.1. The average Bonchev–Trinajstić information content (AvgIpc) is 2.48. The molecule has 2 nitrogen and oxygen atoms in total. The third-order valence-electron chi connectivity index (χ3n) is 3.82. The molecular formula is C17H17NOS. The van der Waals surface area contributed by atoms with Crippen LogP contribution in [0.15, 0.2) is 53.4 Å². The minimum atomic E-state index is -0.0442. The van der Waals surface area contributed by atoms with Crippen LogP contribution < -0.4 is 5.32 Å². The van der Waals surface area contributed by atoms with E-state index in [0.29, 0.717) is 10.5 Å². The Kier molecular flexibility index (Phi) is 3.79. The van der Waals surface area contributed by atoms with Crippen LogP contribution in [0.4, 0.5) is 0 Å². The van der Waals surface area contributed by atoms with Crippen LogP contribution in [0.25, 0.3) is 0 Å². The SMILES string of the molecule is O=C(NC1CCCc2ccccc21)c1ccccc1S. The highest BCUT2D eigenvalue weighted by Crippen LogP contribution is 2.29. The lowest BCUT2D eigenvalue weighted by Gasteiger charge is -2.26. The largest absolute Gasteiger partial charge is 0.345 e. The Hall–Kier alpha value is -1.74. The molecule has 2 aromatic rings. The van der Waals surface area contributed by atoms with Crippen molar-refractivity contribution in [3.8, 4) is 0 Å². The minimum Gasteiger partial charge on any atom is -0.345 e. The van der Waals surface area contributed by atoms with E-state index in [0.717, 1.165) is 19.3 Å².